The van der Waals surface area contributed by atoms with Gasteiger partial charge in [-0.05, 0) is 12.1 Å². The lowest BCUT2D eigenvalue weighted by Crippen LogP contribution is -1.94. The Morgan fingerprint density at radius 1 is 1.58 bits per heavy atom. The van der Waals surface area contributed by atoms with Gasteiger partial charge in [0.05, 0.1) is 6.07 Å². The zero-order chi connectivity index (χ0) is 9.14. The molecule has 4 heteroatoms. The molecule has 1 aromatic carbocycles. The third-order valence-electron chi connectivity index (χ3n) is 1.38. The first-order valence-electron chi connectivity index (χ1n) is 3.18. The molecule has 1 N–H and O–H groups in total. The van der Waals surface area contributed by atoms with Crippen molar-refractivity contribution < 1.29 is 9.50 Å². The van der Waals surface area contributed by atoms with E-state index in [1.165, 1.54) is 18.2 Å². The van der Waals surface area contributed by atoms with Crippen molar-refractivity contribution >= 4 is 15.9 Å². The molecule has 0 spiro atoms. The second-order valence-corrected chi connectivity index (χ2v) is 3.05. The van der Waals surface area contributed by atoms with Crippen LogP contribution in [0.15, 0.2) is 22.7 Å². The molecule has 0 aliphatic rings. The van der Waals surface area contributed by atoms with Gasteiger partial charge in [0.1, 0.15) is 5.82 Å². The van der Waals surface area contributed by atoms with E-state index in [1.54, 1.807) is 6.07 Å². The van der Waals surface area contributed by atoms with Gasteiger partial charge in [0.25, 0.3) is 0 Å². The summed E-state index contributed by atoms with van der Waals surface area (Å²) in [6.45, 7) is 0. The number of aliphatic hydroxyl groups excluding tert-OH is 1. The summed E-state index contributed by atoms with van der Waals surface area (Å²) < 4.78 is 12.9. The molecule has 0 radical (unpaired) electrons. The van der Waals surface area contributed by atoms with Crippen molar-refractivity contribution in [1.29, 1.82) is 5.26 Å². The van der Waals surface area contributed by atoms with Crippen LogP contribution in [0.25, 0.3) is 0 Å². The first-order valence-corrected chi connectivity index (χ1v) is 3.97. The van der Waals surface area contributed by atoms with Crippen LogP contribution in [-0.4, -0.2) is 5.11 Å². The van der Waals surface area contributed by atoms with Crippen molar-refractivity contribution in [2.24, 2.45) is 0 Å². The van der Waals surface area contributed by atoms with E-state index in [0.29, 0.717) is 10.0 Å². The van der Waals surface area contributed by atoms with Crippen LogP contribution in [0.2, 0.25) is 0 Å². The van der Waals surface area contributed by atoms with Gasteiger partial charge >= 0.3 is 0 Å². The topological polar surface area (TPSA) is 44.0 Å². The number of rotatable bonds is 1. The Morgan fingerprint density at radius 2 is 2.25 bits per heavy atom. The van der Waals surface area contributed by atoms with Gasteiger partial charge in [-0.25, -0.2) is 4.39 Å². The fourth-order valence-corrected chi connectivity index (χ4v) is 1.36. The molecule has 1 aromatic rings. The SMILES string of the molecule is N#C[C@@H](O)c1ccc(F)cc1Br. The van der Waals surface area contributed by atoms with Gasteiger partial charge in [0, 0.05) is 10.0 Å². The molecule has 0 aliphatic carbocycles. The van der Waals surface area contributed by atoms with Crippen LogP contribution in [0.4, 0.5) is 4.39 Å². The van der Waals surface area contributed by atoms with Crippen molar-refractivity contribution in [2.75, 3.05) is 0 Å². The van der Waals surface area contributed by atoms with E-state index in [4.69, 9.17) is 10.4 Å². The van der Waals surface area contributed by atoms with E-state index in [9.17, 15) is 4.39 Å². The van der Waals surface area contributed by atoms with Crippen LogP contribution in [0.5, 0.6) is 0 Å². The summed E-state index contributed by atoms with van der Waals surface area (Å²) in [5.74, 6) is -0.407. The molecule has 0 aliphatic heterocycles. The molecule has 12 heavy (non-hydrogen) atoms. The largest absolute Gasteiger partial charge is 0.374 e. The van der Waals surface area contributed by atoms with Crippen molar-refractivity contribution in [3.63, 3.8) is 0 Å². The van der Waals surface area contributed by atoms with Crippen LogP contribution in [0.1, 0.15) is 11.7 Å². The Labute approximate surface area is 77.4 Å². The van der Waals surface area contributed by atoms with Crippen molar-refractivity contribution in [1.82, 2.24) is 0 Å². The molecule has 0 bridgehead atoms. The summed E-state index contributed by atoms with van der Waals surface area (Å²) in [5.41, 5.74) is 0.374. The molecule has 2 nitrogen and oxygen atoms in total. The van der Waals surface area contributed by atoms with Gasteiger partial charge in [0.2, 0.25) is 0 Å². The highest BCUT2D eigenvalue weighted by atomic mass is 79.9. The first kappa shape index (κ1) is 9.17. The van der Waals surface area contributed by atoms with E-state index in [2.05, 4.69) is 15.9 Å². The van der Waals surface area contributed by atoms with Gasteiger partial charge in [0.15, 0.2) is 6.10 Å². The normalized spacial score (nSPS) is 12.2. The summed E-state index contributed by atoms with van der Waals surface area (Å²) in [4.78, 5) is 0. The van der Waals surface area contributed by atoms with Gasteiger partial charge in [-0.1, -0.05) is 22.0 Å². The maximum absolute atomic E-state index is 12.5. The maximum atomic E-state index is 12.5. The summed E-state index contributed by atoms with van der Waals surface area (Å²) >= 11 is 3.04. The maximum Gasteiger partial charge on any atom is 0.166 e. The van der Waals surface area contributed by atoms with Gasteiger partial charge in [-0.2, -0.15) is 5.26 Å². The average Bonchev–Trinajstić information content (AvgIpc) is 2.03. The van der Waals surface area contributed by atoms with E-state index in [-0.39, 0.29) is 0 Å². The number of hydrogen-bond donors (Lipinski definition) is 1. The molecule has 0 aromatic heterocycles. The Balaban J connectivity index is 3.11. The Hall–Kier alpha value is -0.920. The molecule has 62 valence electrons. The Bertz CT molecular complexity index is 334. The van der Waals surface area contributed by atoms with Crippen LogP contribution in [-0.2, 0) is 0 Å². The third kappa shape index (κ3) is 1.81. The van der Waals surface area contributed by atoms with Gasteiger partial charge < -0.3 is 5.11 Å². The van der Waals surface area contributed by atoms with E-state index in [0.717, 1.165) is 0 Å². The monoisotopic (exact) mass is 229 g/mol. The number of aliphatic hydroxyl groups is 1. The summed E-state index contributed by atoms with van der Waals surface area (Å²) in [7, 11) is 0. The molecule has 0 unspecified atom stereocenters. The van der Waals surface area contributed by atoms with Crippen LogP contribution in [0, 0.1) is 17.1 Å². The molecule has 0 saturated carbocycles. The minimum atomic E-state index is -1.21. The van der Waals surface area contributed by atoms with Crippen LogP contribution in [0.3, 0.4) is 0 Å². The summed E-state index contributed by atoms with van der Waals surface area (Å²) in [6.07, 6.45) is -1.21. The number of hydrogen-bond acceptors (Lipinski definition) is 2. The molecule has 0 saturated heterocycles. The van der Waals surface area contributed by atoms with Gasteiger partial charge in [-0.3, -0.25) is 0 Å². The van der Waals surface area contributed by atoms with Crippen LogP contribution >= 0.6 is 15.9 Å². The number of nitriles is 1. The average molecular weight is 230 g/mol. The molecule has 1 atom stereocenters. The number of nitrogens with zero attached hydrogens (tertiary/aromatic N) is 1. The first-order chi connectivity index (χ1) is 5.65. The minimum Gasteiger partial charge on any atom is -0.374 e. The highest BCUT2D eigenvalue weighted by Gasteiger charge is 2.09. The summed E-state index contributed by atoms with van der Waals surface area (Å²) in [5, 5.41) is 17.5. The predicted molar refractivity (Wildman–Crippen MR) is 44.7 cm³/mol. The molecule has 0 fully saturated rings. The minimum absolute atomic E-state index is 0.374. The van der Waals surface area contributed by atoms with Crippen LogP contribution < -0.4 is 0 Å². The van der Waals surface area contributed by atoms with Crippen molar-refractivity contribution in [3.8, 4) is 6.07 Å². The summed E-state index contributed by atoms with van der Waals surface area (Å²) in [6, 6.07) is 5.41. The smallest absolute Gasteiger partial charge is 0.166 e. The lowest BCUT2D eigenvalue weighted by molar-refractivity contribution is 0.235. The van der Waals surface area contributed by atoms with E-state index < -0.39 is 11.9 Å². The van der Waals surface area contributed by atoms with Crippen molar-refractivity contribution in [2.45, 2.75) is 6.10 Å². The predicted octanol–water partition coefficient (Wildman–Crippen LogP) is 2.15. The third-order valence-corrected chi connectivity index (χ3v) is 2.07. The molecule has 0 heterocycles. The molecular weight excluding hydrogens is 225 g/mol. The fraction of sp³-hybridized carbons (Fsp3) is 0.125. The highest BCUT2D eigenvalue weighted by Crippen LogP contribution is 2.23. The number of benzene rings is 1. The standard InChI is InChI=1S/C8H5BrFNO/c9-7-3-5(10)1-2-6(7)8(12)4-11/h1-3,8,12H/t8-/m1/s1. The quantitative estimate of drug-likeness (QED) is 0.751. The van der Waals surface area contributed by atoms with E-state index >= 15 is 0 Å². The molecule has 1 rings (SSSR count). The zero-order valence-electron chi connectivity index (χ0n) is 5.96. The fourth-order valence-electron chi connectivity index (χ4n) is 0.793. The Kier molecular flexibility index (Phi) is 2.79. The second kappa shape index (κ2) is 3.65. The number of halogens is 2. The van der Waals surface area contributed by atoms with Gasteiger partial charge in [-0.15, -0.1) is 0 Å². The molecular formula is C8H5BrFNO. The van der Waals surface area contributed by atoms with Crippen molar-refractivity contribution in [3.05, 3.63) is 34.1 Å². The molecule has 0 amide bonds. The zero-order valence-corrected chi connectivity index (χ0v) is 7.55. The second-order valence-electron chi connectivity index (χ2n) is 2.20. The highest BCUT2D eigenvalue weighted by molar-refractivity contribution is 9.10. The Morgan fingerprint density at radius 3 is 2.75 bits per heavy atom. The lowest BCUT2D eigenvalue weighted by Gasteiger charge is -2.03. The van der Waals surface area contributed by atoms with E-state index in [1.807, 2.05) is 0 Å². The lowest BCUT2D eigenvalue weighted by atomic mass is 10.1.